The van der Waals surface area contributed by atoms with Crippen molar-refractivity contribution in [1.29, 1.82) is 0 Å². The topological polar surface area (TPSA) is 85.1 Å². The number of rotatable bonds is 3. The monoisotopic (exact) mass is 315 g/mol. The van der Waals surface area contributed by atoms with Crippen molar-refractivity contribution in [2.45, 2.75) is 29.9 Å². The molecule has 1 aliphatic rings. The van der Waals surface area contributed by atoms with Gasteiger partial charge in [-0.1, -0.05) is 0 Å². The summed E-state index contributed by atoms with van der Waals surface area (Å²) in [6, 6.07) is 1.46. The first-order chi connectivity index (χ1) is 9.04. The molecular formula is C11H13N3O2S3. The standard InChI is InChI=1S/C11H13N3O2S3/c12-7-5-10(17-6-7)19(15,16)14-11-13-8-3-1-2-4-9(8)18-11/h5-6H,1-4,12H2,(H,13,14). The maximum Gasteiger partial charge on any atom is 0.273 e. The fraction of sp³-hybridized carbons (Fsp3) is 0.364. The van der Waals surface area contributed by atoms with Gasteiger partial charge in [0, 0.05) is 15.9 Å². The second kappa shape index (κ2) is 4.77. The van der Waals surface area contributed by atoms with E-state index in [0.29, 0.717) is 10.8 Å². The third kappa shape index (κ3) is 2.60. The summed E-state index contributed by atoms with van der Waals surface area (Å²) in [5, 5.41) is 2.07. The molecule has 0 amide bonds. The lowest BCUT2D eigenvalue weighted by Gasteiger charge is -2.06. The Hall–Kier alpha value is -1.12. The fourth-order valence-corrected chi connectivity index (χ4v) is 5.40. The number of sulfonamides is 1. The van der Waals surface area contributed by atoms with Crippen molar-refractivity contribution in [3.8, 4) is 0 Å². The average Bonchev–Trinajstić information content (AvgIpc) is 2.94. The number of nitrogens with one attached hydrogen (secondary N) is 1. The van der Waals surface area contributed by atoms with Crippen molar-refractivity contribution in [3.63, 3.8) is 0 Å². The van der Waals surface area contributed by atoms with Gasteiger partial charge in [0.15, 0.2) is 5.13 Å². The van der Waals surface area contributed by atoms with Gasteiger partial charge in [-0.2, -0.15) is 0 Å². The van der Waals surface area contributed by atoms with Gasteiger partial charge < -0.3 is 5.73 Å². The van der Waals surface area contributed by atoms with E-state index in [1.54, 1.807) is 5.38 Å². The molecule has 2 heterocycles. The van der Waals surface area contributed by atoms with E-state index >= 15 is 0 Å². The normalized spacial score (nSPS) is 15.2. The second-order valence-corrected chi connectivity index (χ2v) is 8.30. The molecule has 2 aromatic rings. The largest absolute Gasteiger partial charge is 0.398 e. The lowest BCUT2D eigenvalue weighted by Crippen LogP contribution is -2.11. The maximum atomic E-state index is 12.1. The maximum absolute atomic E-state index is 12.1. The summed E-state index contributed by atoms with van der Waals surface area (Å²) in [7, 11) is -3.56. The van der Waals surface area contributed by atoms with Gasteiger partial charge in [0.05, 0.1) is 5.69 Å². The van der Waals surface area contributed by atoms with Crippen LogP contribution >= 0.6 is 22.7 Å². The van der Waals surface area contributed by atoms with E-state index in [1.807, 2.05) is 0 Å². The number of aromatic nitrogens is 1. The van der Waals surface area contributed by atoms with E-state index in [4.69, 9.17) is 5.73 Å². The Labute approximate surface area is 119 Å². The van der Waals surface area contributed by atoms with Crippen LogP contribution in [0, 0.1) is 0 Å². The van der Waals surface area contributed by atoms with Crippen LogP contribution in [0.4, 0.5) is 10.8 Å². The molecule has 102 valence electrons. The molecule has 0 spiro atoms. The molecule has 8 heteroatoms. The van der Waals surface area contributed by atoms with E-state index in [9.17, 15) is 8.42 Å². The summed E-state index contributed by atoms with van der Waals surface area (Å²) >= 11 is 2.55. The van der Waals surface area contributed by atoms with Crippen LogP contribution in [0.5, 0.6) is 0 Å². The smallest absolute Gasteiger partial charge is 0.273 e. The minimum atomic E-state index is -3.56. The lowest BCUT2D eigenvalue weighted by molar-refractivity contribution is 0.603. The molecule has 5 nitrogen and oxygen atoms in total. The average molecular weight is 315 g/mol. The molecule has 0 aliphatic heterocycles. The SMILES string of the molecule is Nc1csc(S(=O)(=O)Nc2nc3c(s2)CCCC3)c1. The number of nitrogens with zero attached hydrogens (tertiary/aromatic N) is 1. The number of thiophene rings is 1. The van der Waals surface area contributed by atoms with Crippen LogP contribution in [0.3, 0.4) is 0 Å². The van der Waals surface area contributed by atoms with Gasteiger partial charge in [-0.05, 0) is 31.7 Å². The first-order valence-corrected chi connectivity index (χ1v) is 9.08. The highest BCUT2D eigenvalue weighted by Gasteiger charge is 2.21. The number of aryl methyl sites for hydroxylation is 2. The van der Waals surface area contributed by atoms with Crippen molar-refractivity contribution in [3.05, 3.63) is 22.0 Å². The lowest BCUT2D eigenvalue weighted by atomic mass is 10.0. The van der Waals surface area contributed by atoms with Crippen LogP contribution in [0.25, 0.3) is 0 Å². The molecule has 0 unspecified atom stereocenters. The minimum Gasteiger partial charge on any atom is -0.398 e. The Balaban J connectivity index is 1.86. The van der Waals surface area contributed by atoms with E-state index < -0.39 is 10.0 Å². The predicted octanol–water partition coefficient (Wildman–Crippen LogP) is 2.47. The molecule has 3 rings (SSSR count). The van der Waals surface area contributed by atoms with Crippen molar-refractivity contribution >= 4 is 43.5 Å². The summed E-state index contributed by atoms with van der Waals surface area (Å²) in [6.45, 7) is 0. The number of nitrogens with two attached hydrogens (primary N) is 1. The quantitative estimate of drug-likeness (QED) is 0.911. The van der Waals surface area contributed by atoms with E-state index in [0.717, 1.165) is 42.7 Å². The third-order valence-corrected chi connectivity index (χ3v) is 6.93. The number of anilines is 2. The zero-order valence-corrected chi connectivity index (χ0v) is 12.5. The predicted molar refractivity (Wildman–Crippen MR) is 78.3 cm³/mol. The molecule has 2 aromatic heterocycles. The number of hydrogen-bond donors (Lipinski definition) is 2. The molecule has 1 aliphatic carbocycles. The van der Waals surface area contributed by atoms with E-state index in [2.05, 4.69) is 9.71 Å². The molecule has 19 heavy (non-hydrogen) atoms. The Morgan fingerprint density at radius 3 is 2.79 bits per heavy atom. The Morgan fingerprint density at radius 1 is 1.32 bits per heavy atom. The summed E-state index contributed by atoms with van der Waals surface area (Å²) in [6.07, 6.45) is 4.23. The minimum absolute atomic E-state index is 0.221. The molecule has 0 bridgehead atoms. The molecule has 0 aromatic carbocycles. The first-order valence-electron chi connectivity index (χ1n) is 5.90. The highest BCUT2D eigenvalue weighted by atomic mass is 32.2. The van der Waals surface area contributed by atoms with Gasteiger partial charge in [-0.3, -0.25) is 4.72 Å². The first kappa shape index (κ1) is 12.9. The molecule has 0 radical (unpaired) electrons. The van der Waals surface area contributed by atoms with E-state index in [-0.39, 0.29) is 4.21 Å². The zero-order chi connectivity index (χ0) is 13.5. The van der Waals surface area contributed by atoms with Gasteiger partial charge in [-0.15, -0.1) is 22.7 Å². The summed E-state index contributed by atoms with van der Waals surface area (Å²) in [4.78, 5) is 5.57. The van der Waals surface area contributed by atoms with Crippen molar-refractivity contribution in [2.24, 2.45) is 0 Å². The third-order valence-electron chi connectivity index (χ3n) is 2.93. The highest BCUT2D eigenvalue weighted by molar-refractivity contribution is 7.94. The Morgan fingerprint density at radius 2 is 2.11 bits per heavy atom. The van der Waals surface area contributed by atoms with E-state index in [1.165, 1.54) is 22.3 Å². The molecule has 0 saturated heterocycles. The fourth-order valence-electron chi connectivity index (χ4n) is 2.03. The summed E-state index contributed by atoms with van der Waals surface area (Å²) in [5.74, 6) is 0. The number of hydrogen-bond acceptors (Lipinski definition) is 6. The molecule has 0 atom stereocenters. The molecule has 0 fully saturated rings. The van der Waals surface area contributed by atoms with Gasteiger partial charge in [0.2, 0.25) is 0 Å². The van der Waals surface area contributed by atoms with Crippen LogP contribution in [0.1, 0.15) is 23.4 Å². The molecule has 3 N–H and O–H groups in total. The summed E-state index contributed by atoms with van der Waals surface area (Å²) in [5.41, 5.74) is 7.06. The number of nitrogen functional groups attached to an aromatic ring is 1. The van der Waals surface area contributed by atoms with Gasteiger partial charge >= 0.3 is 0 Å². The Kier molecular flexibility index (Phi) is 3.23. The van der Waals surface area contributed by atoms with Crippen LogP contribution in [-0.4, -0.2) is 13.4 Å². The van der Waals surface area contributed by atoms with Gasteiger partial charge in [0.1, 0.15) is 4.21 Å². The highest BCUT2D eigenvalue weighted by Crippen LogP contribution is 2.31. The van der Waals surface area contributed by atoms with Crippen molar-refractivity contribution < 1.29 is 8.42 Å². The van der Waals surface area contributed by atoms with Gasteiger partial charge in [0.25, 0.3) is 10.0 Å². The number of thiazole rings is 1. The second-order valence-electron chi connectivity index (χ2n) is 4.40. The molecule has 0 saturated carbocycles. The van der Waals surface area contributed by atoms with Crippen LogP contribution in [0.15, 0.2) is 15.7 Å². The van der Waals surface area contributed by atoms with Crippen molar-refractivity contribution in [1.82, 2.24) is 4.98 Å². The Bertz CT molecular complexity index is 679. The number of fused-ring (bicyclic) bond motifs is 1. The van der Waals surface area contributed by atoms with Crippen molar-refractivity contribution in [2.75, 3.05) is 10.5 Å². The van der Waals surface area contributed by atoms with Crippen LogP contribution in [-0.2, 0) is 22.9 Å². The summed E-state index contributed by atoms with van der Waals surface area (Å²) < 4.78 is 27.0. The zero-order valence-electron chi connectivity index (χ0n) is 10.0. The molecular weight excluding hydrogens is 302 g/mol. The van der Waals surface area contributed by atoms with Crippen LogP contribution < -0.4 is 10.5 Å². The van der Waals surface area contributed by atoms with Gasteiger partial charge in [-0.25, -0.2) is 13.4 Å². The van der Waals surface area contributed by atoms with Crippen LogP contribution in [0.2, 0.25) is 0 Å².